The number of ketones is 1. The SMILES string of the molecule is CCOc1ccc(/C(O)=C2/C(=O)C(=O)N(c3nnc(SCc4ccccc4F)s3)C2c2ccc(Cl)cc2)cc1. The van der Waals surface area contributed by atoms with E-state index in [-0.39, 0.29) is 22.3 Å². The van der Waals surface area contributed by atoms with Gasteiger partial charge in [-0.25, -0.2) is 4.39 Å². The van der Waals surface area contributed by atoms with Crippen LogP contribution < -0.4 is 9.64 Å². The fourth-order valence-electron chi connectivity index (χ4n) is 4.13. The van der Waals surface area contributed by atoms with Gasteiger partial charge in [-0.2, -0.15) is 0 Å². The van der Waals surface area contributed by atoms with Gasteiger partial charge < -0.3 is 9.84 Å². The minimum atomic E-state index is -0.966. The number of aromatic nitrogens is 2. The lowest BCUT2D eigenvalue weighted by molar-refractivity contribution is -0.132. The van der Waals surface area contributed by atoms with Crippen LogP contribution in [0.2, 0.25) is 5.02 Å². The Morgan fingerprint density at radius 2 is 1.79 bits per heavy atom. The Balaban J connectivity index is 1.52. The molecule has 1 aliphatic rings. The van der Waals surface area contributed by atoms with E-state index in [2.05, 4.69) is 10.2 Å². The molecule has 1 N–H and O–H groups in total. The molecule has 5 rings (SSSR count). The number of hydrogen-bond acceptors (Lipinski definition) is 8. The summed E-state index contributed by atoms with van der Waals surface area (Å²) in [7, 11) is 0. The minimum Gasteiger partial charge on any atom is -0.507 e. The zero-order valence-electron chi connectivity index (χ0n) is 20.5. The maximum Gasteiger partial charge on any atom is 0.301 e. The summed E-state index contributed by atoms with van der Waals surface area (Å²) in [5.41, 5.74) is 1.34. The van der Waals surface area contributed by atoms with E-state index in [4.69, 9.17) is 16.3 Å². The number of anilines is 1. The number of benzene rings is 3. The van der Waals surface area contributed by atoms with E-state index >= 15 is 0 Å². The van der Waals surface area contributed by atoms with Gasteiger partial charge in [0, 0.05) is 16.3 Å². The monoisotopic (exact) mass is 581 g/mol. The van der Waals surface area contributed by atoms with Crippen LogP contribution in [-0.2, 0) is 15.3 Å². The third kappa shape index (κ3) is 5.54. The highest BCUT2D eigenvalue weighted by atomic mass is 35.5. The fraction of sp³-hybridized carbons (Fsp3) is 0.143. The summed E-state index contributed by atoms with van der Waals surface area (Å²) in [5.74, 6) is -1.41. The van der Waals surface area contributed by atoms with Crippen LogP contribution in [0.15, 0.2) is 82.7 Å². The van der Waals surface area contributed by atoms with E-state index in [9.17, 15) is 19.1 Å². The lowest BCUT2D eigenvalue weighted by Crippen LogP contribution is -2.29. The molecule has 1 atom stereocenters. The van der Waals surface area contributed by atoms with Gasteiger partial charge in [-0.15, -0.1) is 10.2 Å². The molecule has 0 radical (unpaired) electrons. The van der Waals surface area contributed by atoms with Gasteiger partial charge in [0.1, 0.15) is 17.3 Å². The van der Waals surface area contributed by atoms with Gasteiger partial charge in [-0.3, -0.25) is 14.5 Å². The highest BCUT2D eigenvalue weighted by Crippen LogP contribution is 2.44. The number of rotatable bonds is 8. The number of carbonyl (C=O) groups excluding carboxylic acids is 2. The highest BCUT2D eigenvalue weighted by Gasteiger charge is 2.48. The third-order valence-corrected chi connectivity index (χ3v) is 8.34. The first-order valence-electron chi connectivity index (χ1n) is 11.9. The van der Waals surface area contributed by atoms with Crippen LogP contribution in [0.25, 0.3) is 5.76 Å². The molecule has 1 aromatic heterocycles. The van der Waals surface area contributed by atoms with Gasteiger partial charge in [-0.1, -0.05) is 65.0 Å². The Bertz CT molecular complexity index is 1560. The number of nitrogens with zero attached hydrogens (tertiary/aromatic N) is 3. The lowest BCUT2D eigenvalue weighted by atomic mass is 9.95. The third-order valence-electron chi connectivity index (χ3n) is 5.98. The van der Waals surface area contributed by atoms with Crippen molar-refractivity contribution >= 4 is 57.3 Å². The molecule has 198 valence electrons. The van der Waals surface area contributed by atoms with Crippen LogP contribution in [0.5, 0.6) is 5.75 Å². The Labute approximate surface area is 236 Å². The molecule has 11 heteroatoms. The average Bonchev–Trinajstić information content (AvgIpc) is 3.51. The second kappa shape index (κ2) is 11.6. The van der Waals surface area contributed by atoms with Gasteiger partial charge in [0.25, 0.3) is 5.78 Å². The van der Waals surface area contributed by atoms with E-state index in [1.165, 1.54) is 22.7 Å². The molecular formula is C28H21ClFN3O4S2. The Kier molecular flexibility index (Phi) is 7.97. The van der Waals surface area contributed by atoms with Crippen molar-refractivity contribution in [2.45, 2.75) is 23.1 Å². The number of aliphatic hydroxyl groups is 1. The van der Waals surface area contributed by atoms with E-state index in [0.29, 0.717) is 44.2 Å². The van der Waals surface area contributed by atoms with Crippen molar-refractivity contribution in [1.29, 1.82) is 0 Å². The summed E-state index contributed by atoms with van der Waals surface area (Å²) in [6, 6.07) is 18.7. The average molecular weight is 582 g/mol. The molecule has 3 aromatic carbocycles. The van der Waals surface area contributed by atoms with E-state index in [0.717, 1.165) is 11.3 Å². The molecule has 1 unspecified atom stereocenters. The maximum atomic E-state index is 14.0. The zero-order chi connectivity index (χ0) is 27.5. The summed E-state index contributed by atoms with van der Waals surface area (Å²) in [4.78, 5) is 27.9. The van der Waals surface area contributed by atoms with Crippen LogP contribution in [0.1, 0.15) is 29.7 Å². The van der Waals surface area contributed by atoms with Crippen LogP contribution >= 0.6 is 34.7 Å². The van der Waals surface area contributed by atoms with Crippen molar-refractivity contribution in [2.24, 2.45) is 0 Å². The molecule has 0 spiro atoms. The first kappa shape index (κ1) is 26.9. The number of amides is 1. The fourth-order valence-corrected chi connectivity index (χ4v) is 6.11. The Morgan fingerprint density at radius 3 is 2.49 bits per heavy atom. The smallest absolute Gasteiger partial charge is 0.301 e. The molecule has 7 nitrogen and oxygen atoms in total. The number of aliphatic hydroxyl groups excluding tert-OH is 1. The minimum absolute atomic E-state index is 0.0813. The van der Waals surface area contributed by atoms with Crippen molar-refractivity contribution in [2.75, 3.05) is 11.5 Å². The van der Waals surface area contributed by atoms with Gasteiger partial charge in [0.05, 0.1) is 18.2 Å². The molecule has 4 aromatic rings. The number of Topliss-reactive ketones (excluding diaryl/α,β-unsaturated/α-hetero) is 1. The molecule has 1 fully saturated rings. The molecule has 39 heavy (non-hydrogen) atoms. The summed E-state index contributed by atoms with van der Waals surface area (Å²) in [6.45, 7) is 2.34. The van der Waals surface area contributed by atoms with Crippen LogP contribution in [0.4, 0.5) is 9.52 Å². The summed E-state index contributed by atoms with van der Waals surface area (Å²) >= 11 is 8.47. The number of carbonyl (C=O) groups is 2. The van der Waals surface area contributed by atoms with Crippen LogP contribution in [0.3, 0.4) is 0 Å². The predicted octanol–water partition coefficient (Wildman–Crippen LogP) is 6.65. The van der Waals surface area contributed by atoms with Crippen LogP contribution in [-0.4, -0.2) is 33.6 Å². The largest absolute Gasteiger partial charge is 0.507 e. The summed E-state index contributed by atoms with van der Waals surface area (Å²) < 4.78 is 20.0. The molecule has 0 aliphatic carbocycles. The molecule has 2 heterocycles. The Morgan fingerprint density at radius 1 is 1.08 bits per heavy atom. The van der Waals surface area contributed by atoms with Crippen molar-refractivity contribution in [1.82, 2.24) is 10.2 Å². The second-order valence-corrected chi connectivity index (χ2v) is 11.0. The Hall–Kier alpha value is -3.73. The number of ether oxygens (including phenoxy) is 1. The van der Waals surface area contributed by atoms with Gasteiger partial charge in [-0.05, 0) is 60.5 Å². The number of hydrogen-bond donors (Lipinski definition) is 1. The van der Waals surface area contributed by atoms with E-state index in [1.54, 1.807) is 66.7 Å². The standard InChI is InChI=1S/C28H21ClFN3O4S2/c1-2-37-20-13-9-17(10-14-20)24(34)22-23(16-7-11-19(29)12-8-16)33(26(36)25(22)35)27-31-32-28(39-27)38-15-18-5-3-4-6-21(18)30/h3-14,23,34H,2,15H2,1H3/b24-22-. The predicted molar refractivity (Wildman–Crippen MR) is 150 cm³/mol. The second-order valence-electron chi connectivity index (χ2n) is 8.41. The quantitative estimate of drug-likeness (QED) is 0.0819. The molecule has 1 saturated heterocycles. The van der Waals surface area contributed by atoms with Gasteiger partial charge in [0.15, 0.2) is 4.34 Å². The van der Waals surface area contributed by atoms with Crippen molar-refractivity contribution < 1.29 is 23.8 Å². The molecule has 1 amide bonds. The first-order valence-corrected chi connectivity index (χ1v) is 14.0. The van der Waals surface area contributed by atoms with Gasteiger partial charge in [0.2, 0.25) is 5.13 Å². The van der Waals surface area contributed by atoms with Crippen LogP contribution in [0, 0.1) is 5.82 Å². The van der Waals surface area contributed by atoms with Crippen molar-refractivity contribution in [3.8, 4) is 5.75 Å². The molecule has 1 aliphatic heterocycles. The van der Waals surface area contributed by atoms with E-state index in [1.807, 2.05) is 6.92 Å². The summed E-state index contributed by atoms with van der Waals surface area (Å²) in [6.07, 6.45) is 0. The molecule has 0 bridgehead atoms. The maximum absolute atomic E-state index is 14.0. The van der Waals surface area contributed by atoms with Crippen molar-refractivity contribution in [3.63, 3.8) is 0 Å². The highest BCUT2D eigenvalue weighted by molar-refractivity contribution is 8.00. The number of thioether (sulfide) groups is 1. The topological polar surface area (TPSA) is 92.6 Å². The first-order chi connectivity index (χ1) is 18.9. The number of halogens is 2. The normalized spacial score (nSPS) is 16.6. The molecular weight excluding hydrogens is 561 g/mol. The molecule has 0 saturated carbocycles. The summed E-state index contributed by atoms with van der Waals surface area (Å²) in [5, 5.41) is 20.2. The van der Waals surface area contributed by atoms with E-state index < -0.39 is 17.7 Å². The zero-order valence-corrected chi connectivity index (χ0v) is 22.9. The lowest BCUT2D eigenvalue weighted by Gasteiger charge is -2.22. The van der Waals surface area contributed by atoms with Crippen molar-refractivity contribution in [3.05, 3.63) is 106 Å². The van der Waals surface area contributed by atoms with Gasteiger partial charge >= 0.3 is 5.91 Å².